The highest BCUT2D eigenvalue weighted by Crippen LogP contribution is 2.33. The molecule has 27 heavy (non-hydrogen) atoms. The Bertz CT molecular complexity index is 694. The van der Waals surface area contributed by atoms with Crippen molar-refractivity contribution in [2.75, 3.05) is 32.7 Å². The summed E-state index contributed by atoms with van der Waals surface area (Å²) in [6.07, 6.45) is 1.93. The fourth-order valence-corrected chi connectivity index (χ4v) is 3.29. The molecule has 10 heteroatoms. The first kappa shape index (κ1) is 19.4. The van der Waals surface area contributed by atoms with Gasteiger partial charge >= 0.3 is 17.9 Å². The highest BCUT2D eigenvalue weighted by Gasteiger charge is 2.40. The molecule has 0 spiro atoms. The molecule has 1 amide bonds. The predicted molar refractivity (Wildman–Crippen MR) is 96.8 cm³/mol. The minimum absolute atomic E-state index is 0.190. The summed E-state index contributed by atoms with van der Waals surface area (Å²) in [7, 11) is 0. The Morgan fingerprint density at radius 2 is 2.04 bits per heavy atom. The van der Waals surface area contributed by atoms with E-state index >= 15 is 0 Å². The molecule has 1 saturated heterocycles. The molecule has 0 radical (unpaired) electrons. The number of carbonyl (C=O) groups is 1. The van der Waals surface area contributed by atoms with Crippen LogP contribution in [-0.4, -0.2) is 74.3 Å². The normalized spacial score (nSPS) is 23.0. The quantitative estimate of drug-likeness (QED) is 0.579. The molecule has 1 aromatic rings. The Hall–Kier alpha value is -2.36. The van der Waals surface area contributed by atoms with Crippen molar-refractivity contribution in [2.45, 2.75) is 51.9 Å². The maximum absolute atomic E-state index is 12.1. The lowest BCUT2D eigenvalue weighted by molar-refractivity contribution is -0.389. The van der Waals surface area contributed by atoms with Crippen LogP contribution >= 0.6 is 0 Å². The number of aromatic nitrogens is 2. The van der Waals surface area contributed by atoms with Crippen molar-refractivity contribution in [1.29, 1.82) is 0 Å². The van der Waals surface area contributed by atoms with Crippen LogP contribution in [0.2, 0.25) is 0 Å². The van der Waals surface area contributed by atoms with Crippen molar-refractivity contribution in [1.82, 2.24) is 19.4 Å². The molecular formula is C17H27N5O5. The van der Waals surface area contributed by atoms with Crippen molar-refractivity contribution < 1.29 is 19.2 Å². The zero-order valence-electron chi connectivity index (χ0n) is 16.3. The van der Waals surface area contributed by atoms with E-state index in [9.17, 15) is 14.9 Å². The van der Waals surface area contributed by atoms with Crippen LogP contribution in [0.25, 0.3) is 0 Å². The lowest BCUT2D eigenvalue weighted by Gasteiger charge is -2.36. The van der Waals surface area contributed by atoms with Crippen molar-refractivity contribution in [3.63, 3.8) is 0 Å². The molecule has 10 nitrogen and oxygen atoms in total. The zero-order valence-corrected chi connectivity index (χ0v) is 16.3. The lowest BCUT2D eigenvalue weighted by atomic mass is 10.0. The summed E-state index contributed by atoms with van der Waals surface area (Å²) in [5, 5.41) is 10.8. The fraction of sp³-hybridized carbons (Fsp3) is 0.765. The number of piperazine rings is 1. The van der Waals surface area contributed by atoms with Crippen molar-refractivity contribution in [2.24, 2.45) is 0 Å². The molecule has 2 aliphatic heterocycles. The van der Waals surface area contributed by atoms with E-state index in [2.05, 4.69) is 9.88 Å². The van der Waals surface area contributed by atoms with Gasteiger partial charge in [0, 0.05) is 44.1 Å². The SMILES string of the molecule is CC(C)(C)OC(=O)N1CCN(CCC2(C)Cn3cc([N+](=O)[O-])nc3O2)CC1. The summed E-state index contributed by atoms with van der Waals surface area (Å²) in [5.41, 5.74) is -0.915. The first-order valence-corrected chi connectivity index (χ1v) is 9.16. The molecule has 150 valence electrons. The number of nitrogens with zero attached hydrogens (tertiary/aromatic N) is 5. The number of fused-ring (bicyclic) bond motifs is 1. The van der Waals surface area contributed by atoms with Crippen molar-refractivity contribution in [3.8, 4) is 6.01 Å². The minimum atomic E-state index is -0.518. The Labute approximate surface area is 158 Å². The van der Waals surface area contributed by atoms with Gasteiger partial charge in [-0.05, 0) is 32.6 Å². The fourth-order valence-electron chi connectivity index (χ4n) is 3.29. The smallest absolute Gasteiger partial charge is 0.414 e. The summed E-state index contributed by atoms with van der Waals surface area (Å²) < 4.78 is 13.0. The van der Waals surface area contributed by atoms with Gasteiger partial charge < -0.3 is 24.5 Å². The molecule has 0 aliphatic carbocycles. The second-order valence-corrected chi connectivity index (χ2v) is 8.38. The number of carbonyl (C=O) groups excluding carboxylic acids is 1. The van der Waals surface area contributed by atoms with Crippen LogP contribution < -0.4 is 4.74 Å². The number of hydrogen-bond acceptors (Lipinski definition) is 7. The summed E-state index contributed by atoms with van der Waals surface area (Å²) in [6.45, 7) is 11.8. The van der Waals surface area contributed by atoms with Crippen LogP contribution in [-0.2, 0) is 11.3 Å². The number of imidazole rings is 1. The first-order chi connectivity index (χ1) is 12.5. The molecule has 0 saturated carbocycles. The van der Waals surface area contributed by atoms with Crippen LogP contribution in [0, 0.1) is 10.1 Å². The highest BCUT2D eigenvalue weighted by atomic mass is 16.6. The summed E-state index contributed by atoms with van der Waals surface area (Å²) in [4.78, 5) is 30.3. The van der Waals surface area contributed by atoms with E-state index < -0.39 is 16.1 Å². The van der Waals surface area contributed by atoms with E-state index in [1.807, 2.05) is 27.7 Å². The molecule has 3 heterocycles. The van der Waals surface area contributed by atoms with E-state index in [0.29, 0.717) is 25.6 Å². The van der Waals surface area contributed by atoms with E-state index in [1.165, 1.54) is 6.20 Å². The molecule has 0 aromatic carbocycles. The van der Waals surface area contributed by atoms with Gasteiger partial charge in [0.25, 0.3) is 0 Å². The molecule has 2 aliphatic rings. The van der Waals surface area contributed by atoms with Crippen LogP contribution in [0.5, 0.6) is 6.01 Å². The predicted octanol–water partition coefficient (Wildman–Crippen LogP) is 1.89. The summed E-state index contributed by atoms with van der Waals surface area (Å²) in [5.74, 6) is -0.190. The molecule has 0 bridgehead atoms. The summed E-state index contributed by atoms with van der Waals surface area (Å²) >= 11 is 0. The van der Waals surface area contributed by atoms with Crippen molar-refractivity contribution in [3.05, 3.63) is 16.3 Å². The van der Waals surface area contributed by atoms with Crippen molar-refractivity contribution >= 4 is 11.9 Å². The van der Waals surface area contributed by atoms with Gasteiger partial charge in [0.05, 0.1) is 6.54 Å². The van der Waals surface area contributed by atoms with Gasteiger partial charge in [-0.3, -0.25) is 9.47 Å². The van der Waals surface area contributed by atoms with Crippen LogP contribution in [0.15, 0.2) is 6.20 Å². The maximum atomic E-state index is 12.1. The molecule has 0 N–H and O–H groups in total. The average Bonchev–Trinajstić information content (AvgIpc) is 3.07. The molecule has 3 rings (SSSR count). The van der Waals surface area contributed by atoms with E-state index in [-0.39, 0.29) is 11.9 Å². The van der Waals surface area contributed by atoms with Gasteiger partial charge in [0.1, 0.15) is 17.4 Å². The maximum Gasteiger partial charge on any atom is 0.414 e. The molecule has 1 aromatic heterocycles. The van der Waals surface area contributed by atoms with Crippen LogP contribution in [0.1, 0.15) is 34.1 Å². The Morgan fingerprint density at radius 1 is 1.37 bits per heavy atom. The average molecular weight is 381 g/mol. The molecule has 1 unspecified atom stereocenters. The monoisotopic (exact) mass is 381 g/mol. The van der Waals surface area contributed by atoms with Gasteiger partial charge in [-0.15, -0.1) is 0 Å². The van der Waals surface area contributed by atoms with Crippen LogP contribution in [0.4, 0.5) is 10.6 Å². The minimum Gasteiger partial charge on any atom is -0.444 e. The van der Waals surface area contributed by atoms with Crippen LogP contribution in [0.3, 0.4) is 0 Å². The molecule has 1 fully saturated rings. The summed E-state index contributed by atoms with van der Waals surface area (Å²) in [6, 6.07) is 0.305. The second-order valence-electron chi connectivity index (χ2n) is 8.38. The molecular weight excluding hydrogens is 354 g/mol. The van der Waals surface area contributed by atoms with Gasteiger partial charge in [0.2, 0.25) is 0 Å². The number of amides is 1. The van der Waals surface area contributed by atoms with E-state index in [4.69, 9.17) is 9.47 Å². The van der Waals surface area contributed by atoms with Gasteiger partial charge in [-0.1, -0.05) is 0 Å². The van der Waals surface area contributed by atoms with Gasteiger partial charge in [-0.2, -0.15) is 0 Å². The topological polar surface area (TPSA) is 103 Å². The van der Waals surface area contributed by atoms with Gasteiger partial charge in [-0.25, -0.2) is 4.79 Å². The number of hydrogen-bond donors (Lipinski definition) is 0. The van der Waals surface area contributed by atoms with Gasteiger partial charge in [0.15, 0.2) is 0 Å². The Morgan fingerprint density at radius 3 is 2.59 bits per heavy atom. The first-order valence-electron chi connectivity index (χ1n) is 9.16. The third kappa shape index (κ3) is 4.68. The lowest BCUT2D eigenvalue weighted by Crippen LogP contribution is -2.51. The Kier molecular flexibility index (Phi) is 5.02. The number of ether oxygens (including phenoxy) is 2. The largest absolute Gasteiger partial charge is 0.444 e. The Balaban J connectivity index is 1.44. The zero-order chi connectivity index (χ0) is 19.8. The standard InChI is InChI=1S/C17H27N5O5/c1-16(2,3)27-15(23)20-9-7-19(8-10-20)6-5-17(4)12-21-11-13(22(24)25)18-14(21)26-17/h11H,5-10,12H2,1-4H3. The molecule has 1 atom stereocenters. The highest BCUT2D eigenvalue weighted by molar-refractivity contribution is 5.68. The third-order valence-corrected chi connectivity index (χ3v) is 4.74. The number of nitro groups is 1. The third-order valence-electron chi connectivity index (χ3n) is 4.74. The van der Waals surface area contributed by atoms with E-state index in [1.54, 1.807) is 9.47 Å². The number of rotatable bonds is 4. The van der Waals surface area contributed by atoms with E-state index in [0.717, 1.165) is 26.1 Å². The second kappa shape index (κ2) is 6.99.